The van der Waals surface area contributed by atoms with E-state index < -0.39 is 0 Å². The Morgan fingerprint density at radius 2 is 2.12 bits per heavy atom. The molecular formula is C19H15ClN4O. The van der Waals surface area contributed by atoms with Crippen molar-refractivity contribution in [2.45, 2.75) is 12.3 Å². The molecule has 1 N–H and O–H groups in total. The normalized spacial score (nSPS) is 19.2. The monoisotopic (exact) mass is 350 g/mol. The van der Waals surface area contributed by atoms with Crippen LogP contribution in [0.2, 0.25) is 5.02 Å². The fourth-order valence-corrected chi connectivity index (χ4v) is 3.08. The number of rotatable bonds is 4. The van der Waals surface area contributed by atoms with Gasteiger partial charge in [0.05, 0.1) is 22.9 Å². The molecule has 1 aromatic carbocycles. The molecule has 1 amide bonds. The molecule has 0 radical (unpaired) electrons. The van der Waals surface area contributed by atoms with Crippen LogP contribution >= 0.6 is 11.6 Å². The maximum atomic E-state index is 12.2. The molecule has 0 aliphatic heterocycles. The van der Waals surface area contributed by atoms with Gasteiger partial charge in [-0.05, 0) is 54.3 Å². The van der Waals surface area contributed by atoms with Gasteiger partial charge >= 0.3 is 0 Å². The number of amides is 1. The first-order valence-electron chi connectivity index (χ1n) is 8.01. The Labute approximate surface area is 149 Å². The van der Waals surface area contributed by atoms with E-state index in [1.165, 1.54) is 0 Å². The van der Waals surface area contributed by atoms with Crippen LogP contribution in [0.4, 0.5) is 0 Å². The quantitative estimate of drug-likeness (QED) is 0.578. The Kier molecular flexibility index (Phi) is 4.15. The van der Waals surface area contributed by atoms with E-state index in [-0.39, 0.29) is 17.7 Å². The molecule has 0 saturated heterocycles. The van der Waals surface area contributed by atoms with Gasteiger partial charge in [0.25, 0.3) is 0 Å². The van der Waals surface area contributed by atoms with Gasteiger partial charge in [-0.3, -0.25) is 9.78 Å². The van der Waals surface area contributed by atoms with Gasteiger partial charge in [0.15, 0.2) is 0 Å². The Hall–Kier alpha value is -2.79. The maximum absolute atomic E-state index is 12.2. The fourth-order valence-electron chi connectivity index (χ4n) is 2.88. The summed E-state index contributed by atoms with van der Waals surface area (Å²) in [6, 6.07) is 15.1. The number of fused-ring (bicyclic) bond motifs is 1. The van der Waals surface area contributed by atoms with E-state index in [1.54, 1.807) is 12.4 Å². The second-order valence-corrected chi connectivity index (χ2v) is 6.45. The molecule has 2 heterocycles. The van der Waals surface area contributed by atoms with Gasteiger partial charge in [0.1, 0.15) is 0 Å². The highest BCUT2D eigenvalue weighted by molar-refractivity contribution is 6.30. The summed E-state index contributed by atoms with van der Waals surface area (Å²) in [5, 5.41) is 4.71. The molecule has 25 heavy (non-hydrogen) atoms. The van der Waals surface area contributed by atoms with Crippen molar-refractivity contribution in [2.75, 3.05) is 0 Å². The fraction of sp³-hybridized carbons (Fsp3) is 0.158. The Morgan fingerprint density at radius 1 is 1.20 bits per heavy atom. The number of nitrogens with zero attached hydrogens (tertiary/aromatic N) is 3. The second kappa shape index (κ2) is 6.61. The molecular weight excluding hydrogens is 336 g/mol. The molecule has 0 spiro atoms. The highest BCUT2D eigenvalue weighted by Crippen LogP contribution is 2.47. The summed E-state index contributed by atoms with van der Waals surface area (Å²) < 4.78 is 0. The average molecular weight is 351 g/mol. The molecule has 5 nitrogen and oxygen atoms in total. The summed E-state index contributed by atoms with van der Waals surface area (Å²) in [6.07, 6.45) is 4.09. The van der Waals surface area contributed by atoms with Crippen LogP contribution < -0.4 is 5.43 Å². The number of carbonyl (C=O) groups excluding carboxylic acids is 1. The van der Waals surface area contributed by atoms with Gasteiger partial charge in [0, 0.05) is 17.1 Å². The minimum Gasteiger partial charge on any atom is -0.273 e. The average Bonchev–Trinajstić information content (AvgIpc) is 3.42. The van der Waals surface area contributed by atoms with Crippen LogP contribution in [0.1, 0.15) is 23.6 Å². The third kappa shape index (κ3) is 3.51. The molecule has 0 unspecified atom stereocenters. The second-order valence-electron chi connectivity index (χ2n) is 6.02. The van der Waals surface area contributed by atoms with Gasteiger partial charge in [0.2, 0.25) is 5.91 Å². The van der Waals surface area contributed by atoms with Gasteiger partial charge in [-0.1, -0.05) is 23.7 Å². The van der Waals surface area contributed by atoms with Gasteiger partial charge in [-0.25, -0.2) is 10.4 Å². The Morgan fingerprint density at radius 3 is 3.00 bits per heavy atom. The number of halogens is 1. The van der Waals surface area contributed by atoms with Crippen LogP contribution in [0.5, 0.6) is 0 Å². The van der Waals surface area contributed by atoms with E-state index in [0.717, 1.165) is 23.0 Å². The number of aromatic nitrogens is 2. The van der Waals surface area contributed by atoms with Crippen LogP contribution in [0.15, 0.2) is 59.8 Å². The van der Waals surface area contributed by atoms with Crippen molar-refractivity contribution in [3.63, 3.8) is 0 Å². The summed E-state index contributed by atoms with van der Waals surface area (Å²) in [7, 11) is 0. The summed E-state index contributed by atoms with van der Waals surface area (Å²) in [6.45, 7) is 0. The number of pyridine rings is 2. The molecule has 124 valence electrons. The summed E-state index contributed by atoms with van der Waals surface area (Å²) in [4.78, 5) is 20.8. The van der Waals surface area contributed by atoms with Crippen molar-refractivity contribution in [2.24, 2.45) is 11.0 Å². The highest BCUT2D eigenvalue weighted by Gasteiger charge is 2.43. The third-order valence-corrected chi connectivity index (χ3v) is 4.49. The molecule has 2 atom stereocenters. The lowest BCUT2D eigenvalue weighted by molar-refractivity contribution is -0.122. The topological polar surface area (TPSA) is 67.2 Å². The number of hydrogen-bond acceptors (Lipinski definition) is 4. The van der Waals surface area contributed by atoms with Crippen LogP contribution in [0.3, 0.4) is 0 Å². The zero-order chi connectivity index (χ0) is 17.2. The number of hydrazone groups is 1. The predicted molar refractivity (Wildman–Crippen MR) is 97.6 cm³/mol. The summed E-state index contributed by atoms with van der Waals surface area (Å²) >= 11 is 6.00. The molecule has 2 aromatic heterocycles. The van der Waals surface area contributed by atoms with Crippen molar-refractivity contribution >= 4 is 34.8 Å². The van der Waals surface area contributed by atoms with Crippen molar-refractivity contribution in [1.82, 2.24) is 15.4 Å². The predicted octanol–water partition coefficient (Wildman–Crippen LogP) is 3.54. The van der Waals surface area contributed by atoms with Crippen molar-refractivity contribution < 1.29 is 4.79 Å². The van der Waals surface area contributed by atoms with Crippen molar-refractivity contribution in [3.8, 4) is 0 Å². The van der Waals surface area contributed by atoms with Gasteiger partial charge in [-0.15, -0.1) is 0 Å². The number of hydrogen-bond donors (Lipinski definition) is 1. The van der Waals surface area contributed by atoms with Crippen LogP contribution in [0, 0.1) is 5.92 Å². The zero-order valence-electron chi connectivity index (χ0n) is 13.3. The van der Waals surface area contributed by atoms with Crippen molar-refractivity contribution in [3.05, 3.63) is 71.0 Å². The number of nitrogens with one attached hydrogen (secondary N) is 1. The van der Waals surface area contributed by atoms with E-state index in [0.29, 0.717) is 10.7 Å². The maximum Gasteiger partial charge on any atom is 0.243 e. The molecule has 6 heteroatoms. The largest absolute Gasteiger partial charge is 0.273 e. The molecule has 1 aliphatic carbocycles. The first-order chi connectivity index (χ1) is 12.2. The van der Waals surface area contributed by atoms with E-state index in [2.05, 4.69) is 20.5 Å². The van der Waals surface area contributed by atoms with Gasteiger partial charge in [-0.2, -0.15) is 5.10 Å². The van der Waals surface area contributed by atoms with E-state index >= 15 is 0 Å². The van der Waals surface area contributed by atoms with E-state index in [4.69, 9.17) is 11.6 Å². The summed E-state index contributed by atoms with van der Waals surface area (Å²) in [5.41, 5.74) is 5.98. The first kappa shape index (κ1) is 15.7. The third-order valence-electron chi connectivity index (χ3n) is 4.25. The lowest BCUT2D eigenvalue weighted by Gasteiger charge is -2.01. The number of carbonyl (C=O) groups is 1. The lowest BCUT2D eigenvalue weighted by Crippen LogP contribution is -2.20. The zero-order valence-corrected chi connectivity index (χ0v) is 14.0. The molecule has 4 rings (SSSR count). The van der Waals surface area contributed by atoms with E-state index in [1.807, 2.05) is 48.5 Å². The van der Waals surface area contributed by atoms with E-state index in [9.17, 15) is 4.79 Å². The highest BCUT2D eigenvalue weighted by atomic mass is 35.5. The summed E-state index contributed by atoms with van der Waals surface area (Å²) in [5.74, 6) is 0.0897. The molecule has 1 fully saturated rings. The van der Waals surface area contributed by atoms with Crippen LogP contribution in [-0.2, 0) is 4.79 Å². The van der Waals surface area contributed by atoms with Crippen LogP contribution in [0.25, 0.3) is 11.0 Å². The number of benzene rings is 1. The standard InChI is InChI=1S/C19H15ClN4O/c20-13-4-1-3-12(9-13)15-10-16(15)19(25)24-22-11-14-6-7-17-18(23-14)5-2-8-21-17/h1-9,11,15-16H,10H2,(H,24,25)/b22-11+/t15-,16+/m0/s1. The molecule has 0 bridgehead atoms. The Bertz CT molecular complexity index is 972. The molecule has 1 aliphatic rings. The molecule has 1 saturated carbocycles. The molecule has 3 aromatic rings. The van der Waals surface area contributed by atoms with Crippen molar-refractivity contribution in [1.29, 1.82) is 0 Å². The first-order valence-corrected chi connectivity index (χ1v) is 8.39. The smallest absolute Gasteiger partial charge is 0.243 e. The van der Waals surface area contributed by atoms with Crippen LogP contribution in [-0.4, -0.2) is 22.1 Å². The van der Waals surface area contributed by atoms with Gasteiger partial charge < -0.3 is 0 Å². The SMILES string of the molecule is O=C(N/N=C/c1ccc2ncccc2n1)[C@@H]1C[C@H]1c1cccc(Cl)c1. The Balaban J connectivity index is 1.38. The minimum absolute atomic E-state index is 0.0515. The minimum atomic E-state index is -0.0799. The lowest BCUT2D eigenvalue weighted by atomic mass is 10.1.